The second kappa shape index (κ2) is 9.39. The van der Waals surface area contributed by atoms with E-state index in [4.69, 9.17) is 4.74 Å². The number of thioether (sulfide) groups is 1. The molecule has 1 atom stereocenters. The fraction of sp³-hybridized carbons (Fsp3) is 0.292. The molecule has 31 heavy (non-hydrogen) atoms. The molecule has 3 aromatic rings. The number of fused-ring (bicyclic) bond motifs is 1. The molecule has 160 valence electrons. The molecular weight excluding hydrogens is 410 g/mol. The summed E-state index contributed by atoms with van der Waals surface area (Å²) in [5.41, 5.74) is 2.26. The Morgan fingerprint density at radius 2 is 1.87 bits per heavy atom. The number of carbonyl (C=O) groups is 1. The minimum absolute atomic E-state index is 0.102. The number of ether oxygens (including phenoxy) is 1. The Labute approximate surface area is 185 Å². The number of carbonyl (C=O) groups excluding carboxylic acids is 1. The van der Waals surface area contributed by atoms with Crippen LogP contribution in [-0.2, 0) is 18.4 Å². The largest absolute Gasteiger partial charge is 0.489 e. The summed E-state index contributed by atoms with van der Waals surface area (Å²) in [6, 6.07) is 17.6. The standard InChI is InChI=1S/C24H25N3O3S/c1-3-13-31-24-26-23(29)21-19(14-20(28)25-22(21)27(24)2)17-9-11-18(12-10-17)30-15-16-7-5-4-6-8-16/h4-12,19H,3,13-15H2,1-2H3,(H,25,28)/t19-/m1/s1. The summed E-state index contributed by atoms with van der Waals surface area (Å²) < 4.78 is 7.68. The van der Waals surface area contributed by atoms with E-state index >= 15 is 0 Å². The third-order valence-corrected chi connectivity index (χ3v) is 6.50. The summed E-state index contributed by atoms with van der Waals surface area (Å²) in [6.45, 7) is 2.56. The van der Waals surface area contributed by atoms with Crippen LogP contribution in [0.1, 0.15) is 42.4 Å². The number of amides is 1. The molecule has 0 radical (unpaired) electrons. The van der Waals surface area contributed by atoms with Gasteiger partial charge in [-0.25, -0.2) is 0 Å². The van der Waals surface area contributed by atoms with Gasteiger partial charge in [-0.3, -0.25) is 9.59 Å². The van der Waals surface area contributed by atoms with E-state index in [1.54, 1.807) is 0 Å². The first-order valence-electron chi connectivity index (χ1n) is 10.4. The van der Waals surface area contributed by atoms with Crippen molar-refractivity contribution in [2.45, 2.75) is 37.4 Å². The molecular formula is C24H25N3O3S. The first-order chi connectivity index (χ1) is 15.1. The third kappa shape index (κ3) is 4.66. The van der Waals surface area contributed by atoms with Gasteiger partial charge in [-0.2, -0.15) is 4.98 Å². The molecule has 1 N–H and O–H groups in total. The molecule has 0 fully saturated rings. The molecule has 1 amide bonds. The van der Waals surface area contributed by atoms with Crippen LogP contribution in [0.4, 0.5) is 5.82 Å². The lowest BCUT2D eigenvalue weighted by atomic mass is 9.87. The number of aromatic nitrogens is 2. The normalized spacial score (nSPS) is 15.3. The first kappa shape index (κ1) is 21.2. The summed E-state index contributed by atoms with van der Waals surface area (Å²) in [7, 11) is 1.84. The van der Waals surface area contributed by atoms with E-state index in [-0.39, 0.29) is 23.8 Å². The summed E-state index contributed by atoms with van der Waals surface area (Å²) in [5, 5.41) is 3.50. The van der Waals surface area contributed by atoms with E-state index < -0.39 is 0 Å². The van der Waals surface area contributed by atoms with E-state index in [2.05, 4.69) is 17.2 Å². The summed E-state index contributed by atoms with van der Waals surface area (Å²) in [5.74, 6) is 1.72. The van der Waals surface area contributed by atoms with Crippen LogP contribution in [0.3, 0.4) is 0 Å². The molecule has 0 saturated heterocycles. The second-order valence-corrected chi connectivity index (χ2v) is 8.58. The lowest BCUT2D eigenvalue weighted by molar-refractivity contribution is -0.116. The average Bonchev–Trinajstić information content (AvgIpc) is 2.79. The van der Waals surface area contributed by atoms with Crippen molar-refractivity contribution in [2.24, 2.45) is 7.05 Å². The Morgan fingerprint density at radius 3 is 2.58 bits per heavy atom. The molecule has 0 unspecified atom stereocenters. The molecule has 2 heterocycles. The monoisotopic (exact) mass is 435 g/mol. The van der Waals surface area contributed by atoms with E-state index in [0.29, 0.717) is 23.1 Å². The van der Waals surface area contributed by atoms with Gasteiger partial charge in [0.2, 0.25) is 5.91 Å². The maximum absolute atomic E-state index is 12.9. The third-order valence-electron chi connectivity index (χ3n) is 5.27. The maximum atomic E-state index is 12.9. The molecule has 1 aliphatic heterocycles. The predicted molar refractivity (Wildman–Crippen MR) is 123 cm³/mol. The van der Waals surface area contributed by atoms with Crippen LogP contribution in [0.15, 0.2) is 64.5 Å². The van der Waals surface area contributed by atoms with Gasteiger partial charge in [0.05, 0.1) is 5.56 Å². The smallest absolute Gasteiger partial charge is 0.279 e. The van der Waals surface area contributed by atoms with Crippen molar-refractivity contribution >= 4 is 23.5 Å². The minimum Gasteiger partial charge on any atom is -0.489 e. The zero-order chi connectivity index (χ0) is 21.8. The molecule has 0 spiro atoms. The number of nitrogens with zero attached hydrogens (tertiary/aromatic N) is 2. The van der Waals surface area contributed by atoms with Gasteiger partial charge in [-0.05, 0) is 29.7 Å². The van der Waals surface area contributed by atoms with Gasteiger partial charge >= 0.3 is 0 Å². The molecule has 1 aromatic heterocycles. The zero-order valence-corrected chi connectivity index (χ0v) is 18.4. The van der Waals surface area contributed by atoms with Crippen molar-refractivity contribution in [1.29, 1.82) is 0 Å². The van der Waals surface area contributed by atoms with E-state index in [0.717, 1.165) is 29.1 Å². The minimum atomic E-state index is -0.330. The molecule has 1 aliphatic rings. The fourth-order valence-electron chi connectivity index (χ4n) is 3.68. The van der Waals surface area contributed by atoms with Crippen LogP contribution in [0.25, 0.3) is 0 Å². The topological polar surface area (TPSA) is 73.2 Å². The van der Waals surface area contributed by atoms with E-state index in [1.807, 2.05) is 66.2 Å². The van der Waals surface area contributed by atoms with Crippen molar-refractivity contribution in [3.8, 4) is 5.75 Å². The van der Waals surface area contributed by atoms with Crippen LogP contribution in [0, 0.1) is 0 Å². The quantitative estimate of drug-likeness (QED) is 0.442. The molecule has 0 bridgehead atoms. The number of anilines is 1. The van der Waals surface area contributed by atoms with Gasteiger partial charge in [-0.15, -0.1) is 0 Å². The lowest BCUT2D eigenvalue weighted by Crippen LogP contribution is -2.33. The first-order valence-corrected chi connectivity index (χ1v) is 11.4. The Hall–Kier alpha value is -3.06. The van der Waals surface area contributed by atoms with E-state index in [1.165, 1.54) is 11.8 Å². The van der Waals surface area contributed by atoms with Crippen molar-refractivity contribution in [1.82, 2.24) is 9.55 Å². The van der Waals surface area contributed by atoms with Crippen molar-refractivity contribution in [3.63, 3.8) is 0 Å². The predicted octanol–water partition coefficient (Wildman–Crippen LogP) is 4.34. The fourth-order valence-corrected chi connectivity index (χ4v) is 4.50. The summed E-state index contributed by atoms with van der Waals surface area (Å²) in [4.78, 5) is 29.6. The Bertz CT molecular complexity index is 1130. The van der Waals surface area contributed by atoms with Crippen LogP contribution in [-0.4, -0.2) is 21.2 Å². The van der Waals surface area contributed by atoms with Crippen molar-refractivity contribution < 1.29 is 9.53 Å². The van der Waals surface area contributed by atoms with Crippen LogP contribution in [0.2, 0.25) is 0 Å². The van der Waals surface area contributed by atoms with Crippen LogP contribution in [0.5, 0.6) is 5.75 Å². The van der Waals surface area contributed by atoms with Gasteiger partial charge in [0.1, 0.15) is 18.2 Å². The number of benzene rings is 2. The molecule has 4 rings (SSSR count). The van der Waals surface area contributed by atoms with Gasteiger partial charge in [0.25, 0.3) is 5.56 Å². The Morgan fingerprint density at radius 1 is 1.13 bits per heavy atom. The number of hydrogen-bond acceptors (Lipinski definition) is 5. The highest BCUT2D eigenvalue weighted by molar-refractivity contribution is 7.99. The summed E-state index contributed by atoms with van der Waals surface area (Å²) >= 11 is 1.52. The highest BCUT2D eigenvalue weighted by Crippen LogP contribution is 2.36. The van der Waals surface area contributed by atoms with Crippen LogP contribution < -0.4 is 15.6 Å². The van der Waals surface area contributed by atoms with Gasteiger partial charge in [-0.1, -0.05) is 61.2 Å². The lowest BCUT2D eigenvalue weighted by Gasteiger charge is -2.27. The average molecular weight is 436 g/mol. The molecule has 0 aliphatic carbocycles. The highest BCUT2D eigenvalue weighted by atomic mass is 32.2. The number of nitrogens with one attached hydrogen (secondary N) is 1. The highest BCUT2D eigenvalue weighted by Gasteiger charge is 2.32. The Balaban J connectivity index is 1.60. The maximum Gasteiger partial charge on any atom is 0.279 e. The van der Waals surface area contributed by atoms with Crippen molar-refractivity contribution in [3.05, 3.63) is 81.6 Å². The van der Waals surface area contributed by atoms with Gasteiger partial charge < -0.3 is 14.6 Å². The molecule has 6 nitrogen and oxygen atoms in total. The molecule has 7 heteroatoms. The summed E-state index contributed by atoms with van der Waals surface area (Å²) in [6.07, 6.45) is 1.20. The molecule has 0 saturated carbocycles. The SMILES string of the molecule is CCCSc1nc(=O)c2c(n1C)NC(=O)C[C@@H]2c1ccc(OCc2ccccc2)cc1. The number of rotatable bonds is 7. The zero-order valence-electron chi connectivity index (χ0n) is 17.6. The van der Waals surface area contributed by atoms with Gasteiger partial charge in [0.15, 0.2) is 5.16 Å². The van der Waals surface area contributed by atoms with E-state index in [9.17, 15) is 9.59 Å². The van der Waals surface area contributed by atoms with Crippen molar-refractivity contribution in [2.75, 3.05) is 11.1 Å². The van der Waals surface area contributed by atoms with Crippen LogP contribution >= 0.6 is 11.8 Å². The molecule has 2 aromatic carbocycles. The number of hydrogen-bond donors (Lipinski definition) is 1. The second-order valence-electron chi connectivity index (χ2n) is 7.52. The van der Waals surface area contributed by atoms with Gasteiger partial charge in [0, 0.05) is 25.1 Å². The Kier molecular flexibility index (Phi) is 6.42.